The molecule has 0 radical (unpaired) electrons. The third-order valence-electron chi connectivity index (χ3n) is 2.75. The van der Waals surface area contributed by atoms with E-state index >= 15 is 0 Å². The molecule has 80 valence electrons. The Kier molecular flexibility index (Phi) is 3.90. The third-order valence-corrected chi connectivity index (χ3v) is 4.82. The average Bonchev–Trinajstić information content (AvgIpc) is 1.83. The molecule has 0 spiro atoms. The summed E-state index contributed by atoms with van der Waals surface area (Å²) in [6.45, 7) is 6.95. The molecule has 0 amide bonds. The molecule has 13 heavy (non-hydrogen) atoms. The Balaban J connectivity index is 5.39. The minimum atomic E-state index is -4.10. The molecule has 0 aliphatic heterocycles. The second-order valence-corrected chi connectivity index (χ2v) is 5.65. The number of rotatable bonds is 4. The van der Waals surface area contributed by atoms with E-state index in [1.807, 2.05) is 0 Å². The first-order valence-corrected chi connectivity index (χ1v) is 5.81. The fraction of sp³-hybridized carbons (Fsp3) is 1.00. The van der Waals surface area contributed by atoms with Crippen molar-refractivity contribution in [3.8, 4) is 0 Å². The Labute approximate surface area is 80.3 Å². The minimum absolute atomic E-state index is 0.0544. The normalized spacial score (nSPS) is 14.2. The van der Waals surface area contributed by atoms with Gasteiger partial charge in [0.05, 0.1) is 0 Å². The van der Waals surface area contributed by atoms with Crippen molar-refractivity contribution in [1.29, 1.82) is 0 Å². The van der Waals surface area contributed by atoms with Crippen LogP contribution in [-0.4, -0.2) is 24.3 Å². The summed E-state index contributed by atoms with van der Waals surface area (Å²) in [5.74, 6) is -0.403. The van der Waals surface area contributed by atoms with Gasteiger partial charge < -0.3 is 5.73 Å². The van der Waals surface area contributed by atoms with Crippen molar-refractivity contribution in [2.45, 2.75) is 32.4 Å². The maximum absolute atomic E-state index is 11.2. The molecule has 3 N–H and O–H groups in total. The summed E-state index contributed by atoms with van der Waals surface area (Å²) in [7, 11) is -4.10. The molecule has 0 saturated heterocycles. The van der Waals surface area contributed by atoms with Crippen molar-refractivity contribution in [3.63, 3.8) is 0 Å². The van der Waals surface area contributed by atoms with Gasteiger partial charge in [-0.1, -0.05) is 27.7 Å². The van der Waals surface area contributed by atoms with Crippen LogP contribution in [0.4, 0.5) is 0 Å². The van der Waals surface area contributed by atoms with Crippen LogP contribution in [0.5, 0.6) is 0 Å². The van der Waals surface area contributed by atoms with Gasteiger partial charge in [0, 0.05) is 6.54 Å². The van der Waals surface area contributed by atoms with Crippen molar-refractivity contribution in [2.75, 3.05) is 6.54 Å². The predicted molar refractivity (Wildman–Crippen MR) is 53.0 cm³/mol. The second-order valence-electron chi connectivity index (χ2n) is 3.94. The molecule has 0 bridgehead atoms. The molecule has 0 unspecified atom stereocenters. The lowest BCUT2D eigenvalue weighted by atomic mass is 9.84. The van der Waals surface area contributed by atoms with E-state index in [1.165, 1.54) is 0 Å². The summed E-state index contributed by atoms with van der Waals surface area (Å²) in [5, 5.41) is 0. The highest BCUT2D eigenvalue weighted by Crippen LogP contribution is 2.32. The molecule has 0 fully saturated rings. The van der Waals surface area contributed by atoms with Crippen LogP contribution < -0.4 is 5.73 Å². The van der Waals surface area contributed by atoms with Crippen LogP contribution in [0.3, 0.4) is 0 Å². The number of hydrogen-bond donors (Lipinski definition) is 2. The molecule has 0 aliphatic rings. The van der Waals surface area contributed by atoms with Crippen molar-refractivity contribution in [1.82, 2.24) is 0 Å². The summed E-state index contributed by atoms with van der Waals surface area (Å²) in [4.78, 5) is 0. The van der Waals surface area contributed by atoms with Gasteiger partial charge in [-0.25, -0.2) is 0 Å². The molecule has 0 aromatic carbocycles. The van der Waals surface area contributed by atoms with E-state index in [4.69, 9.17) is 10.3 Å². The van der Waals surface area contributed by atoms with Gasteiger partial charge in [-0.05, 0) is 11.8 Å². The van der Waals surface area contributed by atoms with Gasteiger partial charge in [-0.2, -0.15) is 8.42 Å². The van der Waals surface area contributed by atoms with Crippen molar-refractivity contribution in [3.05, 3.63) is 0 Å². The lowest BCUT2D eigenvalue weighted by Crippen LogP contribution is -2.53. The van der Waals surface area contributed by atoms with Gasteiger partial charge in [-0.15, -0.1) is 0 Å². The van der Waals surface area contributed by atoms with Crippen LogP contribution in [0.1, 0.15) is 27.7 Å². The molecular weight excluding hydrogens is 190 g/mol. The summed E-state index contributed by atoms with van der Waals surface area (Å²) in [5.41, 5.74) is 5.46. The Morgan fingerprint density at radius 3 is 1.54 bits per heavy atom. The van der Waals surface area contributed by atoms with E-state index in [2.05, 4.69) is 0 Å². The van der Waals surface area contributed by atoms with Crippen LogP contribution in [-0.2, 0) is 10.1 Å². The van der Waals surface area contributed by atoms with Gasteiger partial charge in [-0.3, -0.25) is 4.55 Å². The smallest absolute Gasteiger partial charge is 0.272 e. The molecule has 4 nitrogen and oxygen atoms in total. The Morgan fingerprint density at radius 1 is 1.23 bits per heavy atom. The molecule has 0 aromatic heterocycles. The van der Waals surface area contributed by atoms with Crippen molar-refractivity contribution >= 4 is 10.1 Å². The molecule has 0 aromatic rings. The molecule has 0 aliphatic carbocycles. The van der Waals surface area contributed by atoms with Crippen molar-refractivity contribution < 1.29 is 13.0 Å². The van der Waals surface area contributed by atoms with Crippen LogP contribution in [0.15, 0.2) is 0 Å². The lowest BCUT2D eigenvalue weighted by Gasteiger charge is -2.36. The monoisotopic (exact) mass is 209 g/mol. The van der Waals surface area contributed by atoms with E-state index in [-0.39, 0.29) is 18.4 Å². The van der Waals surface area contributed by atoms with E-state index in [1.54, 1.807) is 27.7 Å². The van der Waals surface area contributed by atoms with E-state index in [9.17, 15) is 8.42 Å². The highest BCUT2D eigenvalue weighted by atomic mass is 32.2. The average molecular weight is 209 g/mol. The predicted octanol–water partition coefficient (Wildman–Crippen LogP) is 0.884. The van der Waals surface area contributed by atoms with Gasteiger partial charge in [0.15, 0.2) is 0 Å². The standard InChI is InChI=1S/C8H19NO3S/c1-6(2)8(5-9,7(3)4)13(10,11)12/h6-7H,5,9H2,1-4H3,(H,10,11,12). The van der Waals surface area contributed by atoms with E-state index in [0.29, 0.717) is 0 Å². The summed E-state index contributed by atoms with van der Waals surface area (Å²) in [6, 6.07) is 0. The first kappa shape index (κ1) is 12.9. The van der Waals surface area contributed by atoms with Crippen LogP contribution in [0, 0.1) is 11.8 Å². The molecule has 0 atom stereocenters. The number of nitrogens with two attached hydrogens (primary N) is 1. The van der Waals surface area contributed by atoms with Gasteiger partial charge >= 0.3 is 0 Å². The fourth-order valence-electron chi connectivity index (χ4n) is 1.84. The Morgan fingerprint density at radius 2 is 1.54 bits per heavy atom. The summed E-state index contributed by atoms with van der Waals surface area (Å²) >= 11 is 0. The molecule has 0 heterocycles. The zero-order valence-corrected chi connectivity index (χ0v) is 9.43. The molecule has 5 heteroatoms. The highest BCUT2D eigenvalue weighted by molar-refractivity contribution is 7.87. The van der Waals surface area contributed by atoms with E-state index < -0.39 is 14.9 Å². The van der Waals surface area contributed by atoms with Crippen molar-refractivity contribution in [2.24, 2.45) is 17.6 Å². The van der Waals surface area contributed by atoms with E-state index in [0.717, 1.165) is 0 Å². The molecule has 0 rings (SSSR count). The number of hydrogen-bond acceptors (Lipinski definition) is 3. The van der Waals surface area contributed by atoms with Crippen LogP contribution >= 0.6 is 0 Å². The topological polar surface area (TPSA) is 80.4 Å². The summed E-state index contributed by atoms with van der Waals surface area (Å²) in [6.07, 6.45) is 0. The Bertz CT molecular complexity index is 249. The zero-order chi connectivity index (χ0) is 10.9. The largest absolute Gasteiger partial charge is 0.329 e. The third kappa shape index (κ3) is 2.03. The lowest BCUT2D eigenvalue weighted by molar-refractivity contribution is 0.291. The Hall–Kier alpha value is -0.130. The second kappa shape index (κ2) is 3.94. The fourth-order valence-corrected chi connectivity index (χ4v) is 3.24. The highest BCUT2D eigenvalue weighted by Gasteiger charge is 2.47. The zero-order valence-electron chi connectivity index (χ0n) is 8.61. The first-order valence-electron chi connectivity index (χ1n) is 4.37. The van der Waals surface area contributed by atoms with Crippen LogP contribution in [0.2, 0.25) is 0 Å². The quantitative estimate of drug-likeness (QED) is 0.674. The van der Waals surface area contributed by atoms with Crippen LogP contribution in [0.25, 0.3) is 0 Å². The maximum Gasteiger partial charge on any atom is 0.272 e. The molecule has 0 saturated carbocycles. The first-order chi connectivity index (χ1) is 5.70. The molecular formula is C8H19NO3S. The maximum atomic E-state index is 11.2. The minimum Gasteiger partial charge on any atom is -0.329 e. The van der Waals surface area contributed by atoms with Gasteiger partial charge in [0.1, 0.15) is 4.75 Å². The SMILES string of the molecule is CC(C)C(CN)(C(C)C)S(=O)(=O)O. The van der Waals surface area contributed by atoms with Gasteiger partial charge in [0.2, 0.25) is 0 Å². The van der Waals surface area contributed by atoms with Gasteiger partial charge in [0.25, 0.3) is 10.1 Å². The summed E-state index contributed by atoms with van der Waals surface area (Å²) < 4.78 is 30.4.